The Labute approximate surface area is 160 Å². The van der Waals surface area contributed by atoms with Crippen LogP contribution in [0.2, 0.25) is 0 Å². The quantitative estimate of drug-likeness (QED) is 0.640. The van der Waals surface area contributed by atoms with E-state index in [0.29, 0.717) is 29.8 Å². The van der Waals surface area contributed by atoms with Gasteiger partial charge in [-0.05, 0) is 30.7 Å². The van der Waals surface area contributed by atoms with E-state index in [1.54, 1.807) is 47.2 Å². The number of carbonyl (C=O) groups is 1. The predicted molar refractivity (Wildman–Crippen MR) is 103 cm³/mol. The van der Waals surface area contributed by atoms with Gasteiger partial charge in [0.2, 0.25) is 0 Å². The lowest BCUT2D eigenvalue weighted by molar-refractivity contribution is 0.0762. The maximum Gasteiger partial charge on any atom is 0.349 e. The lowest BCUT2D eigenvalue weighted by Crippen LogP contribution is -2.35. The summed E-state index contributed by atoms with van der Waals surface area (Å²) in [4.78, 5) is 27.1. The highest BCUT2D eigenvalue weighted by Crippen LogP contribution is 2.34. The van der Waals surface area contributed by atoms with Gasteiger partial charge in [0.15, 0.2) is 11.3 Å². The van der Waals surface area contributed by atoms with Gasteiger partial charge in [0.25, 0.3) is 5.91 Å². The van der Waals surface area contributed by atoms with Crippen molar-refractivity contribution in [2.45, 2.75) is 11.7 Å². The van der Waals surface area contributed by atoms with E-state index in [9.17, 15) is 9.59 Å². The normalized spacial score (nSPS) is 17.7. The van der Waals surface area contributed by atoms with Gasteiger partial charge in [-0.25, -0.2) is 4.79 Å². The summed E-state index contributed by atoms with van der Waals surface area (Å²) in [6, 6.07) is 10.7. The number of hydrogen-bond acceptors (Lipinski definition) is 6. The Balaban J connectivity index is 1.59. The molecule has 3 aromatic rings. The second-order valence-electron chi connectivity index (χ2n) is 6.28. The highest BCUT2D eigenvalue weighted by atomic mass is 32.2. The Morgan fingerprint density at radius 3 is 2.93 bits per heavy atom. The van der Waals surface area contributed by atoms with Crippen molar-refractivity contribution in [3.63, 3.8) is 0 Å². The van der Waals surface area contributed by atoms with Crippen LogP contribution in [0.3, 0.4) is 0 Å². The Hall–Kier alpha value is -2.67. The van der Waals surface area contributed by atoms with E-state index in [-0.39, 0.29) is 16.7 Å². The summed E-state index contributed by atoms with van der Waals surface area (Å²) in [5.41, 5.74) is -0.237. The summed E-state index contributed by atoms with van der Waals surface area (Å²) in [5.74, 6) is 1.88. The van der Waals surface area contributed by atoms with Crippen LogP contribution in [-0.4, -0.2) is 36.8 Å². The minimum Gasteiger partial charge on any atom is -0.493 e. The van der Waals surface area contributed by atoms with Gasteiger partial charge in [-0.3, -0.25) is 4.79 Å². The number of para-hydroxylation sites is 1. The first-order valence-electron chi connectivity index (χ1n) is 8.72. The molecule has 1 atom stereocenters. The van der Waals surface area contributed by atoms with Crippen LogP contribution in [0.4, 0.5) is 0 Å². The van der Waals surface area contributed by atoms with Crippen molar-refractivity contribution in [1.82, 2.24) is 4.90 Å². The predicted octanol–water partition coefficient (Wildman–Crippen LogP) is 3.72. The lowest BCUT2D eigenvalue weighted by atomic mass is 10.1. The minimum absolute atomic E-state index is 0.0530. The van der Waals surface area contributed by atoms with Crippen molar-refractivity contribution in [1.29, 1.82) is 0 Å². The first-order valence-corrected chi connectivity index (χ1v) is 9.77. The van der Waals surface area contributed by atoms with Gasteiger partial charge < -0.3 is 18.5 Å². The van der Waals surface area contributed by atoms with Gasteiger partial charge in [0.05, 0.1) is 18.6 Å². The molecule has 0 aliphatic carbocycles. The number of rotatable bonds is 3. The van der Waals surface area contributed by atoms with Crippen LogP contribution in [0.15, 0.2) is 56.3 Å². The largest absolute Gasteiger partial charge is 0.493 e. The van der Waals surface area contributed by atoms with Crippen LogP contribution in [0.1, 0.15) is 27.8 Å². The zero-order valence-corrected chi connectivity index (χ0v) is 15.7. The fraction of sp³-hybridized carbons (Fsp3) is 0.300. The number of amides is 1. The van der Waals surface area contributed by atoms with E-state index < -0.39 is 5.63 Å². The number of carbonyl (C=O) groups excluding carboxylic acids is 1. The molecule has 1 aliphatic heterocycles. The van der Waals surface area contributed by atoms with Crippen molar-refractivity contribution in [2.24, 2.45) is 0 Å². The Morgan fingerprint density at radius 1 is 1.26 bits per heavy atom. The summed E-state index contributed by atoms with van der Waals surface area (Å²) in [6.45, 7) is 1.14. The molecular weight excluding hydrogens is 366 g/mol. The Morgan fingerprint density at radius 2 is 2.15 bits per heavy atom. The topological polar surface area (TPSA) is 72.9 Å². The number of furan rings is 1. The lowest BCUT2D eigenvalue weighted by Gasteiger charge is -2.19. The van der Waals surface area contributed by atoms with Crippen molar-refractivity contribution in [3.05, 3.63) is 64.4 Å². The maximum atomic E-state index is 13.0. The molecule has 0 saturated carbocycles. The summed E-state index contributed by atoms with van der Waals surface area (Å²) >= 11 is 1.76. The third-order valence-corrected chi connectivity index (χ3v) is 5.95. The smallest absolute Gasteiger partial charge is 0.349 e. The van der Waals surface area contributed by atoms with Crippen LogP contribution in [0.5, 0.6) is 5.75 Å². The molecule has 0 spiro atoms. The molecule has 0 bridgehead atoms. The molecule has 1 aliphatic rings. The highest BCUT2D eigenvalue weighted by molar-refractivity contribution is 7.99. The molecule has 0 radical (unpaired) electrons. The van der Waals surface area contributed by atoms with Gasteiger partial charge in [-0.15, -0.1) is 11.8 Å². The molecular formula is C20H19NO5S. The molecule has 1 amide bonds. The van der Waals surface area contributed by atoms with Crippen LogP contribution < -0.4 is 10.4 Å². The highest BCUT2D eigenvalue weighted by Gasteiger charge is 2.26. The molecule has 7 heteroatoms. The average Bonchev–Trinajstić information content (AvgIpc) is 3.11. The number of thioether (sulfide) groups is 1. The van der Waals surface area contributed by atoms with E-state index in [1.165, 1.54) is 7.11 Å². The average molecular weight is 385 g/mol. The van der Waals surface area contributed by atoms with E-state index >= 15 is 0 Å². The summed E-state index contributed by atoms with van der Waals surface area (Å²) in [7, 11) is 1.51. The monoisotopic (exact) mass is 385 g/mol. The molecule has 4 rings (SSSR count). The molecule has 2 aromatic heterocycles. The van der Waals surface area contributed by atoms with E-state index in [1.807, 2.05) is 12.1 Å². The molecule has 27 heavy (non-hydrogen) atoms. The van der Waals surface area contributed by atoms with E-state index in [2.05, 4.69) is 0 Å². The van der Waals surface area contributed by atoms with Crippen molar-refractivity contribution in [2.75, 3.05) is 26.0 Å². The molecule has 1 aromatic carbocycles. The number of benzene rings is 1. The fourth-order valence-corrected chi connectivity index (χ4v) is 4.45. The van der Waals surface area contributed by atoms with Crippen molar-refractivity contribution in [3.8, 4) is 5.75 Å². The van der Waals surface area contributed by atoms with Crippen LogP contribution >= 0.6 is 11.8 Å². The molecule has 6 nitrogen and oxygen atoms in total. The number of ether oxygens (including phenoxy) is 1. The zero-order chi connectivity index (χ0) is 18.8. The van der Waals surface area contributed by atoms with Crippen LogP contribution in [0.25, 0.3) is 11.0 Å². The summed E-state index contributed by atoms with van der Waals surface area (Å²) in [5, 5.41) is 0.880. The third-order valence-electron chi connectivity index (χ3n) is 4.66. The second-order valence-corrected chi connectivity index (χ2v) is 7.59. The van der Waals surface area contributed by atoms with Gasteiger partial charge in [0, 0.05) is 24.2 Å². The van der Waals surface area contributed by atoms with Gasteiger partial charge in [-0.1, -0.05) is 12.1 Å². The Kier molecular flexibility index (Phi) is 4.94. The van der Waals surface area contributed by atoms with E-state index in [4.69, 9.17) is 13.6 Å². The fourth-order valence-electron chi connectivity index (χ4n) is 3.27. The maximum absolute atomic E-state index is 13.0. The molecule has 1 fully saturated rings. The van der Waals surface area contributed by atoms with Crippen molar-refractivity contribution >= 4 is 28.6 Å². The number of fused-ring (bicyclic) bond motifs is 1. The first kappa shape index (κ1) is 17.7. The summed E-state index contributed by atoms with van der Waals surface area (Å²) in [6.07, 6.45) is 2.44. The summed E-state index contributed by atoms with van der Waals surface area (Å²) < 4.78 is 16.1. The molecule has 1 saturated heterocycles. The van der Waals surface area contributed by atoms with Gasteiger partial charge in [-0.2, -0.15) is 0 Å². The number of methoxy groups -OCH3 is 1. The molecule has 3 heterocycles. The molecule has 0 N–H and O–H groups in total. The minimum atomic E-state index is -0.642. The molecule has 140 valence electrons. The number of nitrogens with zero attached hydrogens (tertiary/aromatic N) is 1. The first-order chi connectivity index (χ1) is 13.2. The SMILES string of the molecule is COc1cccc2cc(C(=O)N3CCS[C@@H](c4ccco4)CC3)c(=O)oc12. The van der Waals surface area contributed by atoms with Crippen LogP contribution in [0, 0.1) is 0 Å². The van der Waals surface area contributed by atoms with E-state index in [0.717, 1.165) is 17.9 Å². The second kappa shape index (κ2) is 7.52. The zero-order valence-electron chi connectivity index (χ0n) is 14.8. The Bertz CT molecular complexity index is 1010. The standard InChI is InChI=1S/C20H19NO5S/c1-24-16-5-2-4-13-12-14(20(23)26-18(13)16)19(22)21-8-7-17(27-11-9-21)15-6-3-10-25-15/h2-6,10,12,17H,7-9,11H2,1H3/t17-/m1/s1. The van der Waals surface area contributed by atoms with Crippen molar-refractivity contribution < 1.29 is 18.4 Å². The number of hydrogen-bond donors (Lipinski definition) is 0. The van der Waals surface area contributed by atoms with Gasteiger partial charge >= 0.3 is 5.63 Å². The molecule has 0 unspecified atom stereocenters. The van der Waals surface area contributed by atoms with Gasteiger partial charge in [0.1, 0.15) is 11.3 Å². The van der Waals surface area contributed by atoms with Crippen LogP contribution in [-0.2, 0) is 0 Å². The third kappa shape index (κ3) is 3.47.